The summed E-state index contributed by atoms with van der Waals surface area (Å²) in [5, 5.41) is 3.32. The van der Waals surface area contributed by atoms with Crippen molar-refractivity contribution in [1.82, 2.24) is 10.2 Å². The third kappa shape index (κ3) is 5.71. The van der Waals surface area contributed by atoms with E-state index in [-0.39, 0.29) is 0 Å². The molecule has 2 unspecified atom stereocenters. The highest BCUT2D eigenvalue weighted by Gasteiger charge is 2.26. The molecular formula is C16H34N2. The second-order valence-corrected chi connectivity index (χ2v) is 7.17. The van der Waals surface area contributed by atoms with Crippen LogP contribution in [0.3, 0.4) is 0 Å². The van der Waals surface area contributed by atoms with Gasteiger partial charge < -0.3 is 10.2 Å². The summed E-state index contributed by atoms with van der Waals surface area (Å²) in [6, 6.07) is 0.666. The molecule has 0 bridgehead atoms. The van der Waals surface area contributed by atoms with Gasteiger partial charge in [0.1, 0.15) is 0 Å². The molecule has 2 nitrogen and oxygen atoms in total. The van der Waals surface area contributed by atoms with Crippen molar-refractivity contribution >= 4 is 0 Å². The summed E-state index contributed by atoms with van der Waals surface area (Å²) in [5.41, 5.74) is 0.497. The molecule has 0 radical (unpaired) electrons. The van der Waals surface area contributed by atoms with E-state index in [1.807, 2.05) is 0 Å². The number of nitrogens with zero attached hydrogens (tertiary/aromatic N) is 1. The van der Waals surface area contributed by atoms with Gasteiger partial charge in [-0.3, -0.25) is 0 Å². The van der Waals surface area contributed by atoms with Gasteiger partial charge >= 0.3 is 0 Å². The topological polar surface area (TPSA) is 15.3 Å². The van der Waals surface area contributed by atoms with Gasteiger partial charge in [-0.05, 0) is 77.0 Å². The lowest BCUT2D eigenvalue weighted by Gasteiger charge is -2.29. The van der Waals surface area contributed by atoms with Gasteiger partial charge in [-0.2, -0.15) is 0 Å². The molecule has 1 N–H and O–H groups in total. The third-order valence-electron chi connectivity index (χ3n) is 4.65. The Kier molecular flexibility index (Phi) is 6.65. The summed E-state index contributed by atoms with van der Waals surface area (Å²) in [6.45, 7) is 13.4. The number of hydrogen-bond donors (Lipinski definition) is 1. The predicted octanol–water partition coefficient (Wildman–Crippen LogP) is 3.52. The first-order valence-electron chi connectivity index (χ1n) is 7.83. The van der Waals surface area contributed by atoms with E-state index in [0.29, 0.717) is 11.5 Å². The molecule has 1 aliphatic heterocycles. The first-order chi connectivity index (χ1) is 8.43. The Morgan fingerprint density at radius 1 is 1.22 bits per heavy atom. The van der Waals surface area contributed by atoms with Gasteiger partial charge in [0.25, 0.3) is 0 Å². The normalized spacial score (nSPS) is 24.8. The van der Waals surface area contributed by atoms with Gasteiger partial charge in [0, 0.05) is 6.04 Å². The Morgan fingerprint density at radius 2 is 1.94 bits per heavy atom. The quantitative estimate of drug-likeness (QED) is 0.807. The molecule has 0 amide bonds. The smallest absolute Gasteiger partial charge is 0.00362 e. The van der Waals surface area contributed by atoms with Crippen LogP contribution in [0.1, 0.15) is 59.8 Å². The molecule has 1 rings (SSSR count). The molecular weight excluding hydrogens is 220 g/mol. The van der Waals surface area contributed by atoms with Gasteiger partial charge in [-0.25, -0.2) is 0 Å². The SMILES string of the molecule is CNC(C)CCCN1CCCC(C(C)(C)C)CC1. The fraction of sp³-hybridized carbons (Fsp3) is 1.00. The highest BCUT2D eigenvalue weighted by atomic mass is 15.1. The number of hydrogen-bond acceptors (Lipinski definition) is 2. The summed E-state index contributed by atoms with van der Waals surface area (Å²) < 4.78 is 0. The van der Waals surface area contributed by atoms with E-state index in [1.54, 1.807) is 0 Å². The van der Waals surface area contributed by atoms with E-state index >= 15 is 0 Å². The molecule has 1 fully saturated rings. The average molecular weight is 254 g/mol. The number of rotatable bonds is 5. The van der Waals surface area contributed by atoms with Crippen molar-refractivity contribution < 1.29 is 0 Å². The minimum atomic E-state index is 0.497. The molecule has 18 heavy (non-hydrogen) atoms. The average Bonchev–Trinajstić information content (AvgIpc) is 2.53. The lowest BCUT2D eigenvalue weighted by atomic mass is 9.77. The maximum absolute atomic E-state index is 3.32. The predicted molar refractivity (Wildman–Crippen MR) is 81.0 cm³/mol. The lowest BCUT2D eigenvalue weighted by Crippen LogP contribution is -2.29. The van der Waals surface area contributed by atoms with Gasteiger partial charge in [0.15, 0.2) is 0 Å². The van der Waals surface area contributed by atoms with Crippen LogP contribution in [0, 0.1) is 11.3 Å². The van der Waals surface area contributed by atoms with Crippen LogP contribution in [0.4, 0.5) is 0 Å². The van der Waals surface area contributed by atoms with E-state index in [9.17, 15) is 0 Å². The minimum absolute atomic E-state index is 0.497. The van der Waals surface area contributed by atoms with Gasteiger partial charge in [-0.1, -0.05) is 20.8 Å². The fourth-order valence-corrected chi connectivity index (χ4v) is 3.01. The molecule has 0 aromatic carbocycles. The van der Waals surface area contributed by atoms with Crippen LogP contribution in [0.2, 0.25) is 0 Å². The first kappa shape index (κ1) is 16.0. The monoisotopic (exact) mass is 254 g/mol. The number of likely N-dealkylation sites (tertiary alicyclic amines) is 1. The van der Waals surface area contributed by atoms with Gasteiger partial charge in [0.05, 0.1) is 0 Å². The van der Waals surface area contributed by atoms with E-state index in [4.69, 9.17) is 0 Å². The summed E-state index contributed by atoms with van der Waals surface area (Å²) >= 11 is 0. The Bertz CT molecular complexity index is 220. The van der Waals surface area contributed by atoms with Crippen molar-refractivity contribution in [3.05, 3.63) is 0 Å². The summed E-state index contributed by atoms with van der Waals surface area (Å²) in [5.74, 6) is 0.915. The Labute approximate surface area is 115 Å². The van der Waals surface area contributed by atoms with Crippen LogP contribution in [0.5, 0.6) is 0 Å². The van der Waals surface area contributed by atoms with Crippen molar-refractivity contribution in [2.45, 2.75) is 65.8 Å². The van der Waals surface area contributed by atoms with Crippen molar-refractivity contribution in [1.29, 1.82) is 0 Å². The fourth-order valence-electron chi connectivity index (χ4n) is 3.01. The first-order valence-corrected chi connectivity index (χ1v) is 7.83. The van der Waals surface area contributed by atoms with E-state index in [1.165, 1.54) is 51.7 Å². The molecule has 108 valence electrons. The van der Waals surface area contributed by atoms with Crippen LogP contribution < -0.4 is 5.32 Å². The second-order valence-electron chi connectivity index (χ2n) is 7.17. The maximum atomic E-state index is 3.32. The molecule has 0 saturated carbocycles. The summed E-state index contributed by atoms with van der Waals surface area (Å²) in [6.07, 6.45) is 6.85. The zero-order valence-electron chi connectivity index (χ0n) is 13.3. The van der Waals surface area contributed by atoms with E-state index in [2.05, 4.69) is 45.0 Å². The summed E-state index contributed by atoms with van der Waals surface area (Å²) in [7, 11) is 2.06. The van der Waals surface area contributed by atoms with Crippen LogP contribution >= 0.6 is 0 Å². The van der Waals surface area contributed by atoms with Crippen LogP contribution in [0.15, 0.2) is 0 Å². The molecule has 0 aliphatic carbocycles. The number of nitrogens with one attached hydrogen (secondary N) is 1. The molecule has 1 saturated heterocycles. The molecule has 0 aromatic heterocycles. The zero-order valence-corrected chi connectivity index (χ0v) is 13.3. The van der Waals surface area contributed by atoms with Crippen molar-refractivity contribution in [3.63, 3.8) is 0 Å². The minimum Gasteiger partial charge on any atom is -0.317 e. The van der Waals surface area contributed by atoms with Crippen molar-refractivity contribution in [3.8, 4) is 0 Å². The highest BCUT2D eigenvalue weighted by molar-refractivity contribution is 4.78. The third-order valence-corrected chi connectivity index (χ3v) is 4.65. The van der Waals surface area contributed by atoms with Gasteiger partial charge in [-0.15, -0.1) is 0 Å². The van der Waals surface area contributed by atoms with E-state index < -0.39 is 0 Å². The highest BCUT2D eigenvalue weighted by Crippen LogP contribution is 2.34. The second kappa shape index (κ2) is 7.49. The standard InChI is InChI=1S/C16H34N2/c1-14(17-5)8-6-11-18-12-7-9-15(10-13-18)16(2,3)4/h14-15,17H,6-13H2,1-5H3. The maximum Gasteiger partial charge on any atom is 0.00362 e. The largest absolute Gasteiger partial charge is 0.317 e. The molecule has 1 heterocycles. The van der Waals surface area contributed by atoms with Crippen LogP contribution in [-0.4, -0.2) is 37.6 Å². The lowest BCUT2D eigenvalue weighted by molar-refractivity contribution is 0.207. The van der Waals surface area contributed by atoms with Crippen LogP contribution in [-0.2, 0) is 0 Å². The van der Waals surface area contributed by atoms with E-state index in [0.717, 1.165) is 5.92 Å². The van der Waals surface area contributed by atoms with Crippen molar-refractivity contribution in [2.24, 2.45) is 11.3 Å². The van der Waals surface area contributed by atoms with Gasteiger partial charge in [0.2, 0.25) is 0 Å². The zero-order chi connectivity index (χ0) is 13.6. The molecule has 2 atom stereocenters. The Morgan fingerprint density at radius 3 is 2.56 bits per heavy atom. The molecule has 1 aliphatic rings. The Hall–Kier alpha value is -0.0800. The van der Waals surface area contributed by atoms with Crippen molar-refractivity contribution in [2.75, 3.05) is 26.7 Å². The molecule has 2 heteroatoms. The molecule has 0 spiro atoms. The molecule has 0 aromatic rings. The summed E-state index contributed by atoms with van der Waals surface area (Å²) in [4.78, 5) is 2.69. The van der Waals surface area contributed by atoms with Crippen LogP contribution in [0.25, 0.3) is 0 Å². The Balaban J connectivity index is 2.25.